The molecule has 1 saturated carbocycles. The molecule has 0 bridgehead atoms. The number of alkyl carbamates (subject to hydrolysis) is 1. The van der Waals surface area contributed by atoms with Gasteiger partial charge in [-0.25, -0.2) is 4.79 Å². The summed E-state index contributed by atoms with van der Waals surface area (Å²) in [5, 5.41) is 6.25. The minimum absolute atomic E-state index is 0.117. The van der Waals surface area contributed by atoms with Crippen molar-refractivity contribution in [3.05, 3.63) is 71.3 Å². The summed E-state index contributed by atoms with van der Waals surface area (Å²) in [6.45, 7) is 4.27. The van der Waals surface area contributed by atoms with E-state index in [0.717, 1.165) is 32.1 Å². The summed E-state index contributed by atoms with van der Waals surface area (Å²) >= 11 is 0. The van der Waals surface area contributed by atoms with Gasteiger partial charge in [-0.1, -0.05) is 54.6 Å². The van der Waals surface area contributed by atoms with Gasteiger partial charge in [-0.05, 0) is 49.3 Å². The van der Waals surface area contributed by atoms with Crippen LogP contribution in [0.1, 0.15) is 49.3 Å². The first-order valence-corrected chi connectivity index (χ1v) is 11.6. The maximum absolute atomic E-state index is 12.6. The zero-order valence-corrected chi connectivity index (χ0v) is 18.8. The highest BCUT2D eigenvalue weighted by Gasteiger charge is 2.38. The Labute approximate surface area is 190 Å². The van der Waals surface area contributed by atoms with E-state index < -0.39 is 5.60 Å². The average Bonchev–Trinajstić information content (AvgIpc) is 3.39. The molecule has 6 heteroatoms. The molecule has 2 unspecified atom stereocenters. The zero-order chi connectivity index (χ0) is 22.4. The Balaban J connectivity index is 1.13. The fourth-order valence-electron chi connectivity index (χ4n) is 4.71. The summed E-state index contributed by atoms with van der Waals surface area (Å²) in [4.78, 5) is 26.8. The van der Waals surface area contributed by atoms with Gasteiger partial charge >= 0.3 is 6.09 Å². The summed E-state index contributed by atoms with van der Waals surface area (Å²) in [7, 11) is 0. The van der Waals surface area contributed by atoms with Crippen LogP contribution in [0.25, 0.3) is 0 Å². The summed E-state index contributed by atoms with van der Waals surface area (Å²) in [5.41, 5.74) is 3.25. The highest BCUT2D eigenvalue weighted by Crippen LogP contribution is 2.33. The molecule has 1 heterocycles. The van der Waals surface area contributed by atoms with Crippen LogP contribution in [-0.2, 0) is 29.0 Å². The molecule has 2 aromatic carbocycles. The summed E-state index contributed by atoms with van der Waals surface area (Å²) in [6.07, 6.45) is 3.87. The highest BCUT2D eigenvalue weighted by atomic mass is 16.6. The van der Waals surface area contributed by atoms with Gasteiger partial charge in [0.1, 0.15) is 5.60 Å². The van der Waals surface area contributed by atoms with Crippen molar-refractivity contribution >= 4 is 12.0 Å². The second-order valence-electron chi connectivity index (χ2n) is 9.19. The van der Waals surface area contributed by atoms with E-state index in [2.05, 4.69) is 34.9 Å². The Bertz CT molecular complexity index is 908. The van der Waals surface area contributed by atoms with E-state index in [4.69, 9.17) is 4.74 Å². The van der Waals surface area contributed by atoms with Crippen LogP contribution in [0, 0.1) is 0 Å². The van der Waals surface area contributed by atoms with Gasteiger partial charge in [0, 0.05) is 32.1 Å². The fraction of sp³-hybridized carbons (Fsp3) is 0.462. The molecule has 1 aliphatic carbocycles. The number of carbonyl (C=O) groups excluding carboxylic acids is 2. The second-order valence-corrected chi connectivity index (χ2v) is 9.19. The lowest BCUT2D eigenvalue weighted by Gasteiger charge is -2.25. The van der Waals surface area contributed by atoms with E-state index in [1.165, 1.54) is 16.7 Å². The van der Waals surface area contributed by atoms with Gasteiger partial charge in [-0.15, -0.1) is 0 Å². The lowest BCUT2D eigenvalue weighted by atomic mass is 10.1. The lowest BCUT2D eigenvalue weighted by Crippen LogP contribution is -2.41. The largest absolute Gasteiger partial charge is 0.443 e. The monoisotopic (exact) mass is 435 g/mol. The van der Waals surface area contributed by atoms with Crippen molar-refractivity contribution in [3.63, 3.8) is 0 Å². The predicted octanol–water partition coefficient (Wildman–Crippen LogP) is 3.79. The van der Waals surface area contributed by atoms with Crippen LogP contribution in [0.4, 0.5) is 4.79 Å². The van der Waals surface area contributed by atoms with E-state index in [1.807, 2.05) is 42.2 Å². The SMILES string of the molecule is CC1(OC(=O)NCCCc2ccccc2)CCC(NCC(=O)N2Cc3ccccc3C2)C1. The first-order chi connectivity index (χ1) is 15.5. The number of fused-ring (bicyclic) bond motifs is 1. The molecule has 2 aliphatic rings. The number of aryl methyl sites for hydroxylation is 1. The molecule has 1 fully saturated rings. The van der Waals surface area contributed by atoms with Gasteiger partial charge in [0.05, 0.1) is 6.54 Å². The average molecular weight is 436 g/mol. The highest BCUT2D eigenvalue weighted by molar-refractivity contribution is 5.79. The minimum Gasteiger partial charge on any atom is -0.443 e. The Kier molecular flexibility index (Phi) is 7.10. The van der Waals surface area contributed by atoms with Crippen molar-refractivity contribution < 1.29 is 14.3 Å². The maximum Gasteiger partial charge on any atom is 0.407 e. The van der Waals surface area contributed by atoms with Crippen LogP contribution in [0.5, 0.6) is 0 Å². The van der Waals surface area contributed by atoms with E-state index >= 15 is 0 Å². The van der Waals surface area contributed by atoms with Gasteiger partial charge in [0.2, 0.25) is 5.91 Å². The van der Waals surface area contributed by atoms with Crippen molar-refractivity contribution in [2.45, 2.75) is 63.8 Å². The molecule has 2 atom stereocenters. The fourth-order valence-corrected chi connectivity index (χ4v) is 4.71. The van der Waals surface area contributed by atoms with Crippen LogP contribution in [0.2, 0.25) is 0 Å². The third kappa shape index (κ3) is 5.88. The number of benzene rings is 2. The van der Waals surface area contributed by atoms with Crippen LogP contribution in [0.3, 0.4) is 0 Å². The molecule has 2 aromatic rings. The molecule has 6 nitrogen and oxygen atoms in total. The molecular formula is C26H33N3O3. The Hall–Kier alpha value is -2.86. The van der Waals surface area contributed by atoms with E-state index in [0.29, 0.717) is 26.2 Å². The Morgan fingerprint density at radius 1 is 1.06 bits per heavy atom. The quantitative estimate of drug-likeness (QED) is 0.619. The van der Waals surface area contributed by atoms with Crippen molar-refractivity contribution in [1.82, 2.24) is 15.5 Å². The molecule has 2 amide bonds. The molecule has 0 aromatic heterocycles. The molecular weight excluding hydrogens is 402 g/mol. The third-order valence-electron chi connectivity index (χ3n) is 6.53. The summed E-state index contributed by atoms with van der Waals surface area (Å²) in [6, 6.07) is 18.6. The molecule has 4 rings (SSSR count). The first kappa shape index (κ1) is 22.3. The minimum atomic E-state index is -0.492. The third-order valence-corrected chi connectivity index (χ3v) is 6.53. The van der Waals surface area contributed by atoms with Crippen molar-refractivity contribution in [3.8, 4) is 0 Å². The number of ether oxygens (including phenoxy) is 1. The number of nitrogens with one attached hydrogen (secondary N) is 2. The molecule has 0 saturated heterocycles. The summed E-state index contributed by atoms with van der Waals surface area (Å²) in [5.74, 6) is 0.117. The van der Waals surface area contributed by atoms with Crippen LogP contribution in [0.15, 0.2) is 54.6 Å². The summed E-state index contributed by atoms with van der Waals surface area (Å²) < 4.78 is 5.74. The number of hydrogen-bond acceptors (Lipinski definition) is 4. The van der Waals surface area contributed by atoms with Crippen LogP contribution >= 0.6 is 0 Å². The molecule has 32 heavy (non-hydrogen) atoms. The molecule has 2 N–H and O–H groups in total. The van der Waals surface area contributed by atoms with Gasteiger partial charge in [-0.3, -0.25) is 4.79 Å². The van der Waals surface area contributed by atoms with Gasteiger partial charge < -0.3 is 20.3 Å². The van der Waals surface area contributed by atoms with Gasteiger partial charge in [-0.2, -0.15) is 0 Å². The number of rotatable bonds is 8. The maximum atomic E-state index is 12.6. The lowest BCUT2D eigenvalue weighted by molar-refractivity contribution is -0.131. The van der Waals surface area contributed by atoms with Crippen molar-refractivity contribution in [2.75, 3.05) is 13.1 Å². The predicted molar refractivity (Wildman–Crippen MR) is 124 cm³/mol. The first-order valence-electron chi connectivity index (χ1n) is 11.6. The Morgan fingerprint density at radius 2 is 1.75 bits per heavy atom. The van der Waals surface area contributed by atoms with E-state index in [9.17, 15) is 9.59 Å². The van der Waals surface area contributed by atoms with E-state index in [1.54, 1.807) is 0 Å². The number of amides is 2. The van der Waals surface area contributed by atoms with Crippen LogP contribution < -0.4 is 10.6 Å². The Morgan fingerprint density at radius 3 is 2.47 bits per heavy atom. The molecule has 170 valence electrons. The molecule has 1 aliphatic heterocycles. The number of carbonyl (C=O) groups is 2. The molecule has 0 spiro atoms. The van der Waals surface area contributed by atoms with Crippen molar-refractivity contribution in [1.29, 1.82) is 0 Å². The second kappa shape index (κ2) is 10.2. The smallest absolute Gasteiger partial charge is 0.407 e. The van der Waals surface area contributed by atoms with Gasteiger partial charge in [0.25, 0.3) is 0 Å². The standard InChI is InChI=1S/C26H33N3O3/c1-26(32-25(31)27-15-7-10-20-8-3-2-4-9-20)14-13-23(16-26)28-17-24(30)29-18-21-11-5-6-12-22(21)19-29/h2-6,8-9,11-12,23,28H,7,10,13-19H2,1H3,(H,27,31). The van der Waals surface area contributed by atoms with E-state index in [-0.39, 0.29) is 18.0 Å². The topological polar surface area (TPSA) is 70.7 Å². The van der Waals surface area contributed by atoms with Crippen molar-refractivity contribution in [2.24, 2.45) is 0 Å². The zero-order valence-electron chi connectivity index (χ0n) is 18.8. The number of nitrogens with zero attached hydrogens (tertiary/aromatic N) is 1. The normalized spacial score (nSPS) is 21.9. The number of hydrogen-bond donors (Lipinski definition) is 2. The molecule has 0 radical (unpaired) electrons. The van der Waals surface area contributed by atoms with Crippen LogP contribution in [-0.4, -0.2) is 41.6 Å². The van der Waals surface area contributed by atoms with Gasteiger partial charge in [0.15, 0.2) is 0 Å².